The quantitative estimate of drug-likeness (QED) is 0.784. The Morgan fingerprint density at radius 1 is 1.19 bits per heavy atom. The standard InChI is InChI=1S/C24H26F2N2O4/c1-30-20-11-22-21(31-7-8-32-22)9-15(20)12-28-13-18(17-10-16(25)4-5-19(17)26)24(14-28)6-2-3-23(29)27-24/h4-5,9-11,18H,2-3,6-8,12-14H2,1H3,(H,27,29)/t18-,24+/m0/s1. The Labute approximate surface area is 185 Å². The first-order valence-corrected chi connectivity index (χ1v) is 10.9. The summed E-state index contributed by atoms with van der Waals surface area (Å²) in [6.45, 7) is 2.52. The molecule has 5 rings (SSSR count). The van der Waals surface area contributed by atoms with Gasteiger partial charge in [0.1, 0.15) is 30.6 Å². The molecular weight excluding hydrogens is 418 g/mol. The number of amides is 1. The first kappa shape index (κ1) is 21.0. The van der Waals surface area contributed by atoms with Gasteiger partial charge >= 0.3 is 0 Å². The monoisotopic (exact) mass is 444 g/mol. The molecule has 2 aromatic rings. The summed E-state index contributed by atoms with van der Waals surface area (Å²) in [5.41, 5.74) is 0.587. The van der Waals surface area contributed by atoms with Crippen molar-refractivity contribution >= 4 is 5.91 Å². The van der Waals surface area contributed by atoms with Gasteiger partial charge in [-0.15, -0.1) is 0 Å². The number of carbonyl (C=O) groups is 1. The molecule has 0 bridgehead atoms. The molecule has 2 atom stereocenters. The number of piperidine rings is 1. The Morgan fingerprint density at radius 3 is 2.72 bits per heavy atom. The molecule has 0 unspecified atom stereocenters. The van der Waals surface area contributed by atoms with E-state index < -0.39 is 17.2 Å². The Hall–Kier alpha value is -2.87. The summed E-state index contributed by atoms with van der Waals surface area (Å²) >= 11 is 0. The second-order valence-electron chi connectivity index (χ2n) is 8.75. The van der Waals surface area contributed by atoms with Crippen LogP contribution in [0.4, 0.5) is 8.78 Å². The fourth-order valence-corrected chi connectivity index (χ4v) is 5.32. The van der Waals surface area contributed by atoms with Crippen LogP contribution in [0.3, 0.4) is 0 Å². The van der Waals surface area contributed by atoms with Gasteiger partial charge in [0.15, 0.2) is 11.5 Å². The lowest BCUT2D eigenvalue weighted by Crippen LogP contribution is -2.56. The van der Waals surface area contributed by atoms with Gasteiger partial charge in [-0.2, -0.15) is 0 Å². The number of fused-ring (bicyclic) bond motifs is 1. The van der Waals surface area contributed by atoms with Crippen molar-refractivity contribution in [2.24, 2.45) is 0 Å². The second-order valence-corrected chi connectivity index (χ2v) is 8.75. The third kappa shape index (κ3) is 3.77. The molecule has 3 heterocycles. The van der Waals surface area contributed by atoms with Crippen LogP contribution in [0, 0.1) is 11.6 Å². The number of rotatable bonds is 4. The van der Waals surface area contributed by atoms with Gasteiger partial charge in [0.2, 0.25) is 5.91 Å². The molecule has 6 nitrogen and oxygen atoms in total. The molecule has 170 valence electrons. The number of nitrogens with zero attached hydrogens (tertiary/aromatic N) is 1. The average Bonchev–Trinajstić information content (AvgIpc) is 3.11. The molecule has 2 aromatic carbocycles. The van der Waals surface area contributed by atoms with Crippen LogP contribution < -0.4 is 19.5 Å². The lowest BCUT2D eigenvalue weighted by atomic mass is 9.76. The van der Waals surface area contributed by atoms with Crippen molar-refractivity contribution in [3.05, 3.63) is 53.1 Å². The van der Waals surface area contributed by atoms with Crippen LogP contribution >= 0.6 is 0 Å². The maximum Gasteiger partial charge on any atom is 0.220 e. The number of methoxy groups -OCH3 is 1. The third-order valence-corrected chi connectivity index (χ3v) is 6.70. The molecule has 1 spiro atoms. The molecule has 1 amide bonds. The van der Waals surface area contributed by atoms with Gasteiger partial charge in [-0.25, -0.2) is 8.78 Å². The normalized spacial score (nSPS) is 25.1. The zero-order valence-electron chi connectivity index (χ0n) is 18.0. The summed E-state index contributed by atoms with van der Waals surface area (Å²) in [7, 11) is 1.60. The van der Waals surface area contributed by atoms with E-state index in [0.29, 0.717) is 68.5 Å². The summed E-state index contributed by atoms with van der Waals surface area (Å²) in [6.07, 6.45) is 1.89. The highest BCUT2D eigenvalue weighted by atomic mass is 19.1. The van der Waals surface area contributed by atoms with Crippen LogP contribution in [-0.2, 0) is 11.3 Å². The smallest absolute Gasteiger partial charge is 0.220 e. The van der Waals surface area contributed by atoms with Crippen LogP contribution in [0.5, 0.6) is 17.2 Å². The highest BCUT2D eigenvalue weighted by Gasteiger charge is 2.50. The lowest BCUT2D eigenvalue weighted by molar-refractivity contribution is -0.125. The summed E-state index contributed by atoms with van der Waals surface area (Å²) in [4.78, 5) is 14.5. The van der Waals surface area contributed by atoms with E-state index >= 15 is 0 Å². The van der Waals surface area contributed by atoms with Gasteiger partial charge < -0.3 is 19.5 Å². The van der Waals surface area contributed by atoms with Gasteiger partial charge in [-0.05, 0) is 42.7 Å². The maximum absolute atomic E-state index is 14.8. The predicted octanol–water partition coefficient (Wildman–Crippen LogP) is 3.38. The van der Waals surface area contributed by atoms with E-state index in [1.165, 1.54) is 6.07 Å². The molecule has 0 radical (unpaired) electrons. The number of nitrogens with one attached hydrogen (secondary N) is 1. The minimum Gasteiger partial charge on any atom is -0.496 e. The van der Waals surface area contributed by atoms with E-state index in [1.807, 2.05) is 12.1 Å². The van der Waals surface area contributed by atoms with E-state index in [2.05, 4.69) is 10.2 Å². The van der Waals surface area contributed by atoms with Crippen molar-refractivity contribution < 1.29 is 27.8 Å². The number of carbonyl (C=O) groups excluding carboxylic acids is 1. The number of ether oxygens (including phenoxy) is 3. The molecule has 0 saturated carbocycles. The number of hydrogen-bond acceptors (Lipinski definition) is 5. The molecular formula is C24H26F2N2O4. The fourth-order valence-electron chi connectivity index (χ4n) is 5.32. The number of hydrogen-bond donors (Lipinski definition) is 1. The van der Waals surface area contributed by atoms with E-state index in [9.17, 15) is 13.6 Å². The largest absolute Gasteiger partial charge is 0.496 e. The molecule has 32 heavy (non-hydrogen) atoms. The first-order chi connectivity index (χ1) is 15.5. The molecule has 8 heteroatoms. The number of halogens is 2. The Bertz CT molecular complexity index is 1050. The van der Waals surface area contributed by atoms with Crippen molar-refractivity contribution in [1.29, 1.82) is 0 Å². The van der Waals surface area contributed by atoms with Crippen LogP contribution in [0.15, 0.2) is 30.3 Å². The van der Waals surface area contributed by atoms with Crippen molar-refractivity contribution in [2.75, 3.05) is 33.4 Å². The van der Waals surface area contributed by atoms with Gasteiger partial charge in [-0.3, -0.25) is 9.69 Å². The van der Waals surface area contributed by atoms with Crippen LogP contribution in [-0.4, -0.2) is 49.8 Å². The van der Waals surface area contributed by atoms with Crippen molar-refractivity contribution in [2.45, 2.75) is 37.3 Å². The topological polar surface area (TPSA) is 60.0 Å². The molecule has 2 fully saturated rings. The second kappa shape index (κ2) is 8.24. The van der Waals surface area contributed by atoms with E-state index in [0.717, 1.165) is 24.1 Å². The average molecular weight is 444 g/mol. The SMILES string of the molecule is COc1cc2c(cc1CN1C[C@@H](c3cc(F)ccc3F)[C@@]3(CCCC(=O)N3)C1)OCCO2. The molecule has 1 N–H and O–H groups in total. The third-order valence-electron chi connectivity index (χ3n) is 6.70. The molecule has 0 aliphatic carbocycles. The zero-order chi connectivity index (χ0) is 22.3. The Balaban J connectivity index is 1.47. The molecule has 3 aliphatic rings. The van der Waals surface area contributed by atoms with Crippen LogP contribution in [0.25, 0.3) is 0 Å². The van der Waals surface area contributed by atoms with Gasteiger partial charge in [-0.1, -0.05) is 0 Å². The molecule has 2 saturated heterocycles. The van der Waals surface area contributed by atoms with Crippen molar-refractivity contribution in [3.8, 4) is 17.2 Å². The van der Waals surface area contributed by atoms with E-state index in [1.54, 1.807) is 7.11 Å². The number of likely N-dealkylation sites (tertiary alicyclic amines) is 1. The minimum atomic E-state index is -0.634. The highest BCUT2D eigenvalue weighted by Crippen LogP contribution is 2.44. The summed E-state index contributed by atoms with van der Waals surface area (Å²) in [5.74, 6) is 0.660. The first-order valence-electron chi connectivity index (χ1n) is 10.9. The van der Waals surface area contributed by atoms with Crippen molar-refractivity contribution in [1.82, 2.24) is 10.2 Å². The molecule has 0 aromatic heterocycles. The molecule has 3 aliphatic heterocycles. The lowest BCUT2D eigenvalue weighted by Gasteiger charge is -2.39. The highest BCUT2D eigenvalue weighted by molar-refractivity contribution is 5.78. The maximum atomic E-state index is 14.8. The summed E-state index contributed by atoms with van der Waals surface area (Å²) < 4.78 is 45.7. The van der Waals surface area contributed by atoms with Gasteiger partial charge in [0.25, 0.3) is 0 Å². The summed E-state index contributed by atoms with van der Waals surface area (Å²) in [5, 5.41) is 3.14. The number of benzene rings is 2. The Morgan fingerprint density at radius 2 is 1.97 bits per heavy atom. The van der Waals surface area contributed by atoms with E-state index in [-0.39, 0.29) is 11.8 Å². The van der Waals surface area contributed by atoms with Gasteiger partial charge in [0, 0.05) is 43.6 Å². The minimum absolute atomic E-state index is 0.0446. The van der Waals surface area contributed by atoms with Gasteiger partial charge in [0.05, 0.1) is 12.6 Å². The van der Waals surface area contributed by atoms with Crippen molar-refractivity contribution in [3.63, 3.8) is 0 Å². The fraction of sp³-hybridized carbons (Fsp3) is 0.458. The summed E-state index contributed by atoms with van der Waals surface area (Å²) in [6, 6.07) is 7.28. The zero-order valence-corrected chi connectivity index (χ0v) is 18.0. The predicted molar refractivity (Wildman–Crippen MR) is 113 cm³/mol. The van der Waals surface area contributed by atoms with E-state index in [4.69, 9.17) is 14.2 Å². The van der Waals surface area contributed by atoms with Crippen LogP contribution in [0.2, 0.25) is 0 Å². The Kier molecular flexibility index (Phi) is 5.41. The van der Waals surface area contributed by atoms with Crippen LogP contribution in [0.1, 0.15) is 36.3 Å².